The third kappa shape index (κ3) is 3.81. The van der Waals surface area contributed by atoms with Crippen molar-refractivity contribution in [3.63, 3.8) is 0 Å². The van der Waals surface area contributed by atoms with Crippen LogP contribution < -0.4 is 10.2 Å². The van der Waals surface area contributed by atoms with Crippen LogP contribution in [-0.2, 0) is 0 Å². The summed E-state index contributed by atoms with van der Waals surface area (Å²) in [4.78, 5) is 17.1. The van der Waals surface area contributed by atoms with E-state index in [1.165, 1.54) is 12.1 Å². The highest BCUT2D eigenvalue weighted by Crippen LogP contribution is 2.27. The van der Waals surface area contributed by atoms with Crippen LogP contribution in [0.3, 0.4) is 0 Å². The van der Waals surface area contributed by atoms with Crippen LogP contribution in [0.15, 0.2) is 12.1 Å². The molecule has 2 N–H and O–H groups in total. The first kappa shape index (κ1) is 15.5. The number of nitro groups is 1. The van der Waals surface area contributed by atoms with Crippen LogP contribution in [-0.4, -0.2) is 40.8 Å². The number of pyridine rings is 1. The molecule has 0 spiro atoms. The minimum atomic E-state index is -0.398. The van der Waals surface area contributed by atoms with E-state index in [1.807, 2.05) is 18.7 Å². The maximum atomic E-state index is 11.1. The molecule has 2 unspecified atom stereocenters. The third-order valence-electron chi connectivity index (χ3n) is 3.75. The molecular weight excluding hydrogens is 272 g/mol. The molecule has 7 heteroatoms. The predicted molar refractivity (Wildman–Crippen MR) is 81.7 cm³/mol. The molecule has 0 radical (unpaired) electrons. The number of aromatic nitrogens is 1. The molecule has 1 aliphatic heterocycles. The Morgan fingerprint density at radius 1 is 1.57 bits per heavy atom. The van der Waals surface area contributed by atoms with Gasteiger partial charge in [0.2, 0.25) is 0 Å². The largest absolute Gasteiger partial charge is 0.393 e. The van der Waals surface area contributed by atoms with Crippen molar-refractivity contribution in [3.05, 3.63) is 22.2 Å². The smallest absolute Gasteiger partial charge is 0.276 e. The van der Waals surface area contributed by atoms with Gasteiger partial charge in [-0.25, -0.2) is 4.98 Å². The predicted octanol–water partition coefficient (Wildman–Crippen LogP) is 2.02. The maximum Gasteiger partial charge on any atom is 0.276 e. The lowest BCUT2D eigenvalue weighted by atomic mass is 9.97. The summed E-state index contributed by atoms with van der Waals surface area (Å²) >= 11 is 0. The minimum Gasteiger partial charge on any atom is -0.393 e. The first-order chi connectivity index (χ1) is 10.0. The van der Waals surface area contributed by atoms with E-state index in [-0.39, 0.29) is 17.7 Å². The minimum absolute atomic E-state index is 0.0392. The highest BCUT2D eigenvalue weighted by molar-refractivity contribution is 5.56. The van der Waals surface area contributed by atoms with Crippen LogP contribution in [0.5, 0.6) is 0 Å². The van der Waals surface area contributed by atoms with Crippen LogP contribution in [0.25, 0.3) is 0 Å². The van der Waals surface area contributed by atoms with Gasteiger partial charge in [-0.1, -0.05) is 13.8 Å². The van der Waals surface area contributed by atoms with Crippen LogP contribution in [0, 0.1) is 16.0 Å². The fourth-order valence-electron chi connectivity index (χ4n) is 2.45. The number of aliphatic hydroxyl groups excluding tert-OH is 1. The van der Waals surface area contributed by atoms with Gasteiger partial charge >= 0.3 is 0 Å². The van der Waals surface area contributed by atoms with Gasteiger partial charge in [-0.3, -0.25) is 10.1 Å². The molecule has 0 aromatic carbocycles. The zero-order valence-electron chi connectivity index (χ0n) is 12.5. The molecule has 1 aromatic heterocycles. The standard InChI is InChI=1S/C14H22N4O3/c1-3-5-15-13-7-11(18(20)21)8-14(16-13)17-6-4-12(19)10(2)9-17/h7-8,10,12,19H,3-6,9H2,1-2H3,(H,15,16). The molecular formula is C14H22N4O3. The number of piperidine rings is 1. The Labute approximate surface area is 124 Å². The van der Waals surface area contributed by atoms with Crippen molar-refractivity contribution in [1.82, 2.24) is 4.98 Å². The van der Waals surface area contributed by atoms with E-state index in [4.69, 9.17) is 0 Å². The normalized spacial score (nSPS) is 22.1. The third-order valence-corrected chi connectivity index (χ3v) is 3.75. The molecule has 1 fully saturated rings. The zero-order chi connectivity index (χ0) is 15.4. The van der Waals surface area contributed by atoms with Gasteiger partial charge in [0.15, 0.2) is 0 Å². The summed E-state index contributed by atoms with van der Waals surface area (Å²) < 4.78 is 0. The first-order valence-electron chi connectivity index (χ1n) is 7.34. The zero-order valence-corrected chi connectivity index (χ0v) is 12.5. The van der Waals surface area contributed by atoms with Crippen LogP contribution >= 0.6 is 0 Å². The van der Waals surface area contributed by atoms with Crippen molar-refractivity contribution in [2.24, 2.45) is 5.92 Å². The molecule has 0 amide bonds. The van der Waals surface area contributed by atoms with Crippen molar-refractivity contribution in [3.8, 4) is 0 Å². The fourth-order valence-corrected chi connectivity index (χ4v) is 2.45. The summed E-state index contributed by atoms with van der Waals surface area (Å²) in [5.74, 6) is 1.26. The molecule has 0 saturated carbocycles. The number of hydrogen-bond acceptors (Lipinski definition) is 6. The van der Waals surface area contributed by atoms with Crippen molar-refractivity contribution >= 4 is 17.3 Å². The monoisotopic (exact) mass is 294 g/mol. The molecule has 2 rings (SSSR count). The van der Waals surface area contributed by atoms with Crippen molar-refractivity contribution in [2.45, 2.75) is 32.8 Å². The van der Waals surface area contributed by atoms with E-state index < -0.39 is 4.92 Å². The summed E-state index contributed by atoms with van der Waals surface area (Å²) in [6.45, 7) is 6.04. The molecule has 0 bridgehead atoms. The number of nitrogens with one attached hydrogen (secondary N) is 1. The Kier molecular flexibility index (Phi) is 4.95. The highest BCUT2D eigenvalue weighted by Gasteiger charge is 2.26. The second kappa shape index (κ2) is 6.71. The van der Waals surface area contributed by atoms with Gasteiger partial charge < -0.3 is 15.3 Å². The van der Waals surface area contributed by atoms with Crippen LogP contribution in [0.1, 0.15) is 26.7 Å². The van der Waals surface area contributed by atoms with E-state index in [0.29, 0.717) is 31.1 Å². The Balaban J connectivity index is 2.25. The average molecular weight is 294 g/mol. The van der Waals surface area contributed by atoms with E-state index in [0.717, 1.165) is 13.0 Å². The van der Waals surface area contributed by atoms with Crippen molar-refractivity contribution in [1.29, 1.82) is 0 Å². The van der Waals surface area contributed by atoms with Crippen molar-refractivity contribution in [2.75, 3.05) is 29.9 Å². The first-order valence-corrected chi connectivity index (χ1v) is 7.34. The highest BCUT2D eigenvalue weighted by atomic mass is 16.6. The van der Waals surface area contributed by atoms with Gasteiger partial charge in [-0.05, 0) is 18.8 Å². The van der Waals surface area contributed by atoms with Crippen LogP contribution in [0.2, 0.25) is 0 Å². The Morgan fingerprint density at radius 3 is 2.95 bits per heavy atom. The van der Waals surface area contributed by atoms with Gasteiger partial charge in [0.25, 0.3) is 5.69 Å². The number of aliphatic hydroxyl groups is 1. The number of anilines is 2. The Bertz CT molecular complexity index is 509. The lowest BCUT2D eigenvalue weighted by molar-refractivity contribution is -0.384. The van der Waals surface area contributed by atoms with E-state index in [2.05, 4.69) is 10.3 Å². The summed E-state index contributed by atoms with van der Waals surface area (Å²) in [7, 11) is 0. The molecule has 7 nitrogen and oxygen atoms in total. The Morgan fingerprint density at radius 2 is 2.33 bits per heavy atom. The lowest BCUT2D eigenvalue weighted by Crippen LogP contribution is -2.42. The quantitative estimate of drug-likeness (QED) is 0.637. The van der Waals surface area contributed by atoms with Crippen molar-refractivity contribution < 1.29 is 10.0 Å². The molecule has 116 valence electrons. The second-order valence-electron chi connectivity index (χ2n) is 5.53. The molecule has 2 atom stereocenters. The Hall–Kier alpha value is -1.89. The number of nitrogens with zero attached hydrogens (tertiary/aromatic N) is 3. The fraction of sp³-hybridized carbons (Fsp3) is 0.643. The summed E-state index contributed by atoms with van der Waals surface area (Å²) in [6, 6.07) is 2.96. The molecule has 0 aliphatic carbocycles. The van der Waals surface area contributed by atoms with Crippen LogP contribution in [0.4, 0.5) is 17.3 Å². The van der Waals surface area contributed by atoms with Gasteiger partial charge in [-0.15, -0.1) is 0 Å². The van der Waals surface area contributed by atoms with Gasteiger partial charge in [-0.2, -0.15) is 0 Å². The topological polar surface area (TPSA) is 91.5 Å². The molecule has 2 heterocycles. The number of rotatable bonds is 5. The molecule has 1 saturated heterocycles. The maximum absolute atomic E-state index is 11.1. The van der Waals surface area contributed by atoms with E-state index in [1.54, 1.807) is 0 Å². The second-order valence-corrected chi connectivity index (χ2v) is 5.53. The molecule has 1 aromatic rings. The summed E-state index contributed by atoms with van der Waals surface area (Å²) in [5, 5.41) is 24.0. The lowest BCUT2D eigenvalue weighted by Gasteiger charge is -2.35. The number of hydrogen-bond donors (Lipinski definition) is 2. The van der Waals surface area contributed by atoms with Gasteiger partial charge in [0.1, 0.15) is 11.6 Å². The van der Waals surface area contributed by atoms with Gasteiger partial charge in [0.05, 0.1) is 23.2 Å². The van der Waals surface area contributed by atoms with E-state index in [9.17, 15) is 15.2 Å². The summed E-state index contributed by atoms with van der Waals surface area (Å²) in [5.41, 5.74) is 0.0392. The average Bonchev–Trinajstić information content (AvgIpc) is 2.47. The van der Waals surface area contributed by atoms with E-state index >= 15 is 0 Å². The SMILES string of the molecule is CCCNc1cc([N+](=O)[O-])cc(N2CCC(O)C(C)C2)n1. The van der Waals surface area contributed by atoms with Gasteiger partial charge in [0, 0.05) is 19.6 Å². The molecule has 21 heavy (non-hydrogen) atoms. The summed E-state index contributed by atoms with van der Waals surface area (Å²) in [6.07, 6.45) is 1.27. The molecule has 1 aliphatic rings.